The molecule has 3 saturated carbocycles. The van der Waals surface area contributed by atoms with E-state index in [1.807, 2.05) is 0 Å². The number of hydrogen-bond acceptors (Lipinski definition) is 12. The standard InChI is InChI=1S/C39H63NO11/c1-18-8-13-39(40-16-18)19(2)28-26(51-39)15-25-23-7-6-21-14-22(9-11-37(21,4)24(23)10-12-38(25,28)5)48-36-34(32(45)30(43)27(17-41)49-36)50-35-33(46)31(44)29(42)20(3)47-35/h6,18-20,22-36,40-46H,7-17H2,1-5H3/t18-,19-,20-,22-,23+,24-,25-,26-,27+,28-,29-,30+,31+,32-,33+,34+,35-,36+,37-,38-,39-/m0/s1. The number of aliphatic hydroxyl groups is 6. The maximum absolute atomic E-state index is 11.1. The lowest BCUT2D eigenvalue weighted by atomic mass is 9.47. The van der Waals surface area contributed by atoms with Crippen LogP contribution >= 0.6 is 0 Å². The van der Waals surface area contributed by atoms with Crippen molar-refractivity contribution in [3.8, 4) is 0 Å². The van der Waals surface area contributed by atoms with Crippen LogP contribution in [0.1, 0.15) is 92.4 Å². The van der Waals surface area contributed by atoms with Gasteiger partial charge in [-0.1, -0.05) is 39.3 Å². The lowest BCUT2D eigenvalue weighted by molar-refractivity contribution is -0.369. The van der Waals surface area contributed by atoms with E-state index in [1.54, 1.807) is 6.92 Å². The van der Waals surface area contributed by atoms with Crippen LogP contribution in [0.15, 0.2) is 11.6 Å². The molecule has 290 valence electrons. The summed E-state index contributed by atoms with van der Waals surface area (Å²) in [5.74, 6) is 3.68. The summed E-state index contributed by atoms with van der Waals surface area (Å²) in [6, 6.07) is 0. The van der Waals surface area contributed by atoms with Gasteiger partial charge in [-0.25, -0.2) is 0 Å². The second-order valence-corrected chi connectivity index (χ2v) is 18.4. The van der Waals surface area contributed by atoms with E-state index in [1.165, 1.54) is 24.8 Å². The van der Waals surface area contributed by atoms with Crippen LogP contribution in [0.25, 0.3) is 0 Å². The summed E-state index contributed by atoms with van der Waals surface area (Å²) < 4.78 is 31.2. The van der Waals surface area contributed by atoms with Crippen molar-refractivity contribution in [3.63, 3.8) is 0 Å². The number of piperidine rings is 1. The molecule has 4 saturated heterocycles. The third-order valence-corrected chi connectivity index (χ3v) is 15.8. The normalized spacial score (nSPS) is 58.4. The lowest BCUT2D eigenvalue weighted by Crippen LogP contribution is -2.64. The molecule has 0 aromatic rings. The number of fused-ring (bicyclic) bond motifs is 7. The average molecular weight is 722 g/mol. The minimum absolute atomic E-state index is 0.0659. The average Bonchev–Trinajstić information content (AvgIpc) is 3.56. The Kier molecular flexibility index (Phi) is 9.83. The molecule has 0 amide bonds. The second kappa shape index (κ2) is 13.5. The molecule has 4 heterocycles. The van der Waals surface area contributed by atoms with Gasteiger partial charge in [0.25, 0.3) is 0 Å². The highest BCUT2D eigenvalue weighted by Gasteiger charge is 2.68. The smallest absolute Gasteiger partial charge is 0.187 e. The van der Waals surface area contributed by atoms with Crippen LogP contribution in [0.3, 0.4) is 0 Å². The first kappa shape index (κ1) is 37.2. The molecule has 4 aliphatic heterocycles. The summed E-state index contributed by atoms with van der Waals surface area (Å²) in [5, 5.41) is 66.8. The molecular formula is C39H63NO11. The molecule has 0 radical (unpaired) electrons. The Morgan fingerprint density at radius 1 is 0.843 bits per heavy atom. The Balaban J connectivity index is 0.964. The maximum atomic E-state index is 11.1. The quantitative estimate of drug-likeness (QED) is 0.206. The van der Waals surface area contributed by atoms with Gasteiger partial charge in [-0.15, -0.1) is 0 Å². The molecule has 8 rings (SSSR count). The number of hydrogen-bond donors (Lipinski definition) is 7. The SMILES string of the molecule is C[C@H]1CC[C@]2(NC1)O[C@H]1C[C@H]3[C@@H]4CC=C5C[C@@H](O[C@@H]6O[C@H](CO)[C@@H](O)[C@H](O)[C@H]6O[C@@H]6O[C@@H](C)[C@H](O)[C@@H](O)[C@H]6O)CC[C@]5(C)[C@H]4CC[C@]3(C)[C@H]1[C@@H]2C. The van der Waals surface area contributed by atoms with Gasteiger partial charge in [0.2, 0.25) is 0 Å². The van der Waals surface area contributed by atoms with E-state index in [2.05, 4.69) is 39.1 Å². The van der Waals surface area contributed by atoms with Crippen molar-refractivity contribution >= 4 is 0 Å². The summed E-state index contributed by atoms with van der Waals surface area (Å²) in [5.41, 5.74) is 1.61. The fraction of sp³-hybridized carbons (Fsp3) is 0.949. The zero-order valence-electron chi connectivity index (χ0n) is 31.0. The summed E-state index contributed by atoms with van der Waals surface area (Å²) in [6.45, 7) is 11.9. The molecule has 12 heteroatoms. The number of allylic oxidation sites excluding steroid dienone is 1. The molecule has 0 bridgehead atoms. The summed E-state index contributed by atoms with van der Waals surface area (Å²) in [6.07, 6.45) is -1.26. The zero-order chi connectivity index (χ0) is 36.2. The van der Waals surface area contributed by atoms with Crippen LogP contribution in [0.5, 0.6) is 0 Å². The molecule has 8 aliphatic rings. The van der Waals surface area contributed by atoms with Gasteiger partial charge >= 0.3 is 0 Å². The van der Waals surface area contributed by atoms with E-state index < -0.39 is 68.0 Å². The van der Waals surface area contributed by atoms with Crippen molar-refractivity contribution < 1.29 is 54.3 Å². The Hall–Kier alpha value is -0.740. The first-order valence-electron chi connectivity index (χ1n) is 20.0. The van der Waals surface area contributed by atoms with E-state index in [0.29, 0.717) is 48.0 Å². The highest BCUT2D eigenvalue weighted by atomic mass is 16.8. The summed E-state index contributed by atoms with van der Waals surface area (Å²) >= 11 is 0. The lowest BCUT2D eigenvalue weighted by Gasteiger charge is -2.59. The van der Waals surface area contributed by atoms with Gasteiger partial charge in [0, 0.05) is 12.5 Å². The van der Waals surface area contributed by atoms with Crippen molar-refractivity contribution in [2.24, 2.45) is 46.3 Å². The molecule has 12 nitrogen and oxygen atoms in total. The predicted octanol–water partition coefficient (Wildman–Crippen LogP) is 1.96. The van der Waals surface area contributed by atoms with Gasteiger partial charge in [-0.3, -0.25) is 5.32 Å². The first-order chi connectivity index (χ1) is 24.2. The Bertz CT molecular complexity index is 1310. The molecule has 4 aliphatic carbocycles. The van der Waals surface area contributed by atoms with Crippen LogP contribution in [-0.4, -0.2) is 123 Å². The molecule has 7 fully saturated rings. The highest BCUT2D eigenvalue weighted by Crippen LogP contribution is 2.70. The third kappa shape index (κ3) is 5.84. The highest BCUT2D eigenvalue weighted by molar-refractivity contribution is 5.26. The van der Waals surface area contributed by atoms with Gasteiger partial charge in [0.1, 0.15) is 48.5 Å². The molecule has 1 spiro atoms. The van der Waals surface area contributed by atoms with Gasteiger partial charge < -0.3 is 54.3 Å². The molecule has 0 aromatic heterocycles. The Morgan fingerprint density at radius 3 is 2.35 bits per heavy atom. The van der Waals surface area contributed by atoms with Gasteiger partial charge in [0.15, 0.2) is 12.6 Å². The third-order valence-electron chi connectivity index (χ3n) is 15.8. The molecular weight excluding hydrogens is 658 g/mol. The Morgan fingerprint density at radius 2 is 1.63 bits per heavy atom. The first-order valence-corrected chi connectivity index (χ1v) is 20.0. The molecule has 0 aromatic carbocycles. The fourth-order valence-corrected chi connectivity index (χ4v) is 12.7. The largest absolute Gasteiger partial charge is 0.394 e. The van der Waals surface area contributed by atoms with E-state index in [-0.39, 0.29) is 22.7 Å². The van der Waals surface area contributed by atoms with Crippen molar-refractivity contribution in [3.05, 3.63) is 11.6 Å². The van der Waals surface area contributed by atoms with Crippen molar-refractivity contribution in [1.29, 1.82) is 0 Å². The van der Waals surface area contributed by atoms with Crippen LogP contribution < -0.4 is 5.32 Å². The minimum atomic E-state index is -1.60. The predicted molar refractivity (Wildman–Crippen MR) is 184 cm³/mol. The second-order valence-electron chi connectivity index (χ2n) is 18.4. The van der Waals surface area contributed by atoms with E-state index >= 15 is 0 Å². The van der Waals surface area contributed by atoms with Crippen LogP contribution in [-0.2, 0) is 23.7 Å². The molecule has 0 unspecified atom stereocenters. The van der Waals surface area contributed by atoms with E-state index in [9.17, 15) is 30.6 Å². The molecule has 51 heavy (non-hydrogen) atoms. The topological polar surface area (TPSA) is 180 Å². The molecule has 21 atom stereocenters. The van der Waals surface area contributed by atoms with Crippen molar-refractivity contribution in [2.45, 2.75) is 172 Å². The maximum Gasteiger partial charge on any atom is 0.187 e. The van der Waals surface area contributed by atoms with Crippen LogP contribution in [0.2, 0.25) is 0 Å². The van der Waals surface area contributed by atoms with Crippen LogP contribution in [0, 0.1) is 46.3 Å². The summed E-state index contributed by atoms with van der Waals surface area (Å²) in [4.78, 5) is 0. The number of nitrogens with one attached hydrogen (secondary N) is 1. The van der Waals surface area contributed by atoms with Crippen molar-refractivity contribution in [2.75, 3.05) is 13.2 Å². The number of aliphatic hydroxyl groups excluding tert-OH is 6. The van der Waals surface area contributed by atoms with Crippen molar-refractivity contribution in [1.82, 2.24) is 5.32 Å². The van der Waals surface area contributed by atoms with Gasteiger partial charge in [0.05, 0.1) is 24.9 Å². The number of ether oxygens (including phenoxy) is 5. The zero-order valence-corrected chi connectivity index (χ0v) is 31.0. The number of rotatable bonds is 5. The van der Waals surface area contributed by atoms with Gasteiger partial charge in [-0.05, 0) is 105 Å². The van der Waals surface area contributed by atoms with E-state index in [0.717, 1.165) is 38.6 Å². The van der Waals surface area contributed by atoms with E-state index in [4.69, 9.17) is 23.7 Å². The molecule has 7 N–H and O–H groups in total. The van der Waals surface area contributed by atoms with Crippen LogP contribution in [0.4, 0.5) is 0 Å². The monoisotopic (exact) mass is 721 g/mol. The fourth-order valence-electron chi connectivity index (χ4n) is 12.7. The summed E-state index contributed by atoms with van der Waals surface area (Å²) in [7, 11) is 0. The Labute approximate surface area is 302 Å². The van der Waals surface area contributed by atoms with Gasteiger partial charge in [-0.2, -0.15) is 0 Å². The minimum Gasteiger partial charge on any atom is -0.394 e.